The van der Waals surface area contributed by atoms with Crippen molar-refractivity contribution in [1.82, 2.24) is 9.21 Å². The minimum atomic E-state index is -4.48. The minimum absolute atomic E-state index is 0.00834. The number of hydrogen-bond acceptors (Lipinski definition) is 8. The van der Waals surface area contributed by atoms with Gasteiger partial charge in [0.15, 0.2) is 0 Å². The lowest BCUT2D eigenvalue weighted by Gasteiger charge is -2.44. The lowest BCUT2D eigenvalue weighted by atomic mass is 9.70. The molecular formula is C42H66N8O6SSi. The molecule has 16 heteroatoms. The Morgan fingerprint density at radius 1 is 1.00 bits per heavy atom. The van der Waals surface area contributed by atoms with E-state index in [1.807, 2.05) is 32.0 Å². The number of hydrogen-bond donors (Lipinski definition) is 0. The smallest absolute Gasteiger partial charge is 0.338 e. The second kappa shape index (κ2) is 20.9. The van der Waals surface area contributed by atoms with Crippen molar-refractivity contribution in [1.29, 1.82) is 0 Å². The van der Waals surface area contributed by atoms with Crippen LogP contribution in [-0.2, 0) is 24.3 Å². The number of Topliss-reactive ketones (excluding diaryl/α,β-unsaturated/α-hetero) is 1. The van der Waals surface area contributed by atoms with Gasteiger partial charge < -0.3 is 4.74 Å². The highest BCUT2D eigenvalue weighted by atomic mass is 32.2. The van der Waals surface area contributed by atoms with Crippen LogP contribution in [0.25, 0.3) is 20.9 Å². The third-order valence-electron chi connectivity index (χ3n) is 13.5. The molecule has 1 aliphatic heterocycles. The summed E-state index contributed by atoms with van der Waals surface area (Å²) in [7, 11) is -6.57. The SMILES string of the molecule is CCCCCCCCC[C@H](C[C@H](CC[Si](C)(C)c1ccccc1)N1C=C(C(=O)OCCCCN=[N+]=[N-])[C@@H](C)N(S(=O)(=O)C[C@]23CC[C@H](CC2=O)C3(C)C)C1=O)N=[N+]=[N-]. The van der Waals surface area contributed by atoms with Gasteiger partial charge in [0.25, 0.3) is 0 Å². The number of sulfonamides is 1. The fourth-order valence-electron chi connectivity index (χ4n) is 9.51. The molecule has 2 bridgehead atoms. The Labute approximate surface area is 346 Å². The third kappa shape index (κ3) is 11.0. The van der Waals surface area contributed by atoms with E-state index in [1.165, 1.54) is 42.5 Å². The van der Waals surface area contributed by atoms with Gasteiger partial charge in [-0.25, -0.2) is 22.3 Å². The van der Waals surface area contributed by atoms with E-state index in [0.29, 0.717) is 38.5 Å². The van der Waals surface area contributed by atoms with Gasteiger partial charge in [-0.15, -0.1) is 0 Å². The minimum Gasteiger partial charge on any atom is -0.462 e. The Bertz CT molecular complexity index is 1830. The number of amides is 2. The summed E-state index contributed by atoms with van der Waals surface area (Å²) in [6.07, 6.45) is 12.9. The van der Waals surface area contributed by atoms with Crippen molar-refractivity contribution in [2.45, 2.75) is 161 Å². The zero-order valence-corrected chi connectivity index (χ0v) is 37.5. The summed E-state index contributed by atoms with van der Waals surface area (Å²) in [5.41, 5.74) is 16.6. The van der Waals surface area contributed by atoms with Crippen LogP contribution < -0.4 is 5.19 Å². The number of rotatable bonds is 25. The van der Waals surface area contributed by atoms with Crippen LogP contribution in [0.4, 0.5) is 4.79 Å². The summed E-state index contributed by atoms with van der Waals surface area (Å²) < 4.78 is 36.1. The normalized spacial score (nSPS) is 22.6. The first-order chi connectivity index (χ1) is 27.6. The summed E-state index contributed by atoms with van der Waals surface area (Å²) in [5.74, 6) is -1.29. The van der Waals surface area contributed by atoms with E-state index in [-0.39, 0.29) is 36.8 Å². The monoisotopic (exact) mass is 838 g/mol. The highest BCUT2D eigenvalue weighted by molar-refractivity contribution is 7.89. The Morgan fingerprint density at radius 3 is 2.31 bits per heavy atom. The molecule has 58 heavy (non-hydrogen) atoms. The van der Waals surface area contributed by atoms with E-state index in [0.717, 1.165) is 42.5 Å². The molecule has 0 unspecified atom stereocenters. The molecule has 1 heterocycles. The van der Waals surface area contributed by atoms with Gasteiger partial charge in [0.2, 0.25) is 10.0 Å². The van der Waals surface area contributed by atoms with E-state index >= 15 is 0 Å². The summed E-state index contributed by atoms with van der Waals surface area (Å²) in [4.78, 5) is 49.8. The standard InChI is InChI=1S/C42H66N8O6SSi/c1-7-8-9-10-11-12-14-19-34(46-48-44)29-35(23-27-58(5,6)36-20-15-13-16-21-36)49-30-37(39(52)56-26-18-17-25-45-47-43)32(2)50(40(49)53)57(54,55)31-42-24-22-33(28-38(42)51)41(42,3)4/h13,15-16,20-21,30,32-35H,7-12,14,17-19,22-29,31H2,1-6H3/t32-,33-,34-,35+,42-/m1/s1. The Kier molecular flexibility index (Phi) is 16.9. The first-order valence-corrected chi connectivity index (χ1v) is 26.2. The molecule has 0 N–H and O–H groups in total. The number of azide groups is 2. The fraction of sp³-hybridized carbons (Fsp3) is 0.738. The van der Waals surface area contributed by atoms with Crippen molar-refractivity contribution < 1.29 is 27.5 Å². The van der Waals surface area contributed by atoms with Gasteiger partial charge in [0.1, 0.15) is 5.78 Å². The van der Waals surface area contributed by atoms with Crippen molar-refractivity contribution in [2.75, 3.05) is 18.9 Å². The molecule has 320 valence electrons. The molecule has 2 fully saturated rings. The molecule has 2 amide bonds. The second-order valence-electron chi connectivity index (χ2n) is 17.9. The van der Waals surface area contributed by atoms with Gasteiger partial charge in [0.05, 0.1) is 37.5 Å². The fourth-order valence-corrected chi connectivity index (χ4v) is 14.3. The van der Waals surface area contributed by atoms with E-state index in [4.69, 9.17) is 10.3 Å². The molecule has 0 saturated heterocycles. The van der Waals surface area contributed by atoms with Crippen molar-refractivity contribution in [3.05, 3.63) is 63.0 Å². The average Bonchev–Trinajstić information content (AvgIpc) is 3.52. The van der Waals surface area contributed by atoms with Gasteiger partial charge in [-0.2, -0.15) is 0 Å². The van der Waals surface area contributed by atoms with Crippen molar-refractivity contribution in [3.63, 3.8) is 0 Å². The lowest BCUT2D eigenvalue weighted by molar-refractivity contribution is -0.139. The Balaban J connectivity index is 1.72. The summed E-state index contributed by atoms with van der Waals surface area (Å²) >= 11 is 0. The van der Waals surface area contributed by atoms with Crippen molar-refractivity contribution in [2.24, 2.45) is 27.0 Å². The number of fused-ring (bicyclic) bond motifs is 2. The summed E-state index contributed by atoms with van der Waals surface area (Å²) in [6, 6.07) is 7.91. The average molecular weight is 839 g/mol. The predicted octanol–water partition coefficient (Wildman–Crippen LogP) is 9.94. The molecule has 4 rings (SSSR count). The first kappa shape index (κ1) is 46.8. The molecule has 0 spiro atoms. The van der Waals surface area contributed by atoms with E-state index in [9.17, 15) is 28.3 Å². The highest BCUT2D eigenvalue weighted by Crippen LogP contribution is 2.64. The Morgan fingerprint density at radius 2 is 1.69 bits per heavy atom. The zero-order valence-electron chi connectivity index (χ0n) is 35.6. The molecule has 0 radical (unpaired) electrons. The molecule has 14 nitrogen and oxygen atoms in total. The molecule has 5 atom stereocenters. The second-order valence-corrected chi connectivity index (χ2v) is 24.6. The number of ether oxygens (including phenoxy) is 1. The molecular weight excluding hydrogens is 773 g/mol. The van der Waals surface area contributed by atoms with Crippen molar-refractivity contribution in [3.8, 4) is 0 Å². The van der Waals surface area contributed by atoms with Gasteiger partial charge in [-0.1, -0.05) is 131 Å². The van der Waals surface area contributed by atoms with E-state index in [1.54, 1.807) is 0 Å². The largest absolute Gasteiger partial charge is 0.462 e. The van der Waals surface area contributed by atoms with Gasteiger partial charge in [-0.05, 0) is 74.3 Å². The molecule has 0 aromatic heterocycles. The number of esters is 1. The Hall–Kier alpha value is -3.84. The van der Waals surface area contributed by atoms with E-state index in [2.05, 4.69) is 52.2 Å². The number of benzene rings is 1. The first-order valence-electron chi connectivity index (χ1n) is 21.4. The number of unbranched alkanes of at least 4 members (excludes halogenated alkanes) is 7. The van der Waals surface area contributed by atoms with Gasteiger partial charge in [-0.3, -0.25) is 9.69 Å². The maximum atomic E-state index is 15.0. The van der Waals surface area contributed by atoms with Crippen LogP contribution in [0.1, 0.15) is 124 Å². The van der Waals surface area contributed by atoms with Gasteiger partial charge >= 0.3 is 12.0 Å². The van der Waals surface area contributed by atoms with E-state index < -0.39 is 64.8 Å². The van der Waals surface area contributed by atoms with Crippen LogP contribution in [0, 0.1) is 16.7 Å². The van der Waals surface area contributed by atoms with Crippen LogP contribution in [0.5, 0.6) is 0 Å². The number of nitrogens with zero attached hydrogens (tertiary/aromatic N) is 8. The zero-order chi connectivity index (χ0) is 42.6. The summed E-state index contributed by atoms with van der Waals surface area (Å²) in [5, 5.41) is 8.97. The molecule has 2 aliphatic carbocycles. The summed E-state index contributed by atoms with van der Waals surface area (Å²) in [6.45, 7) is 12.4. The number of urea groups is 1. The topological polar surface area (TPSA) is 199 Å². The van der Waals surface area contributed by atoms with Crippen LogP contribution >= 0.6 is 0 Å². The molecule has 1 aromatic carbocycles. The van der Waals surface area contributed by atoms with Crippen LogP contribution in [0.2, 0.25) is 19.1 Å². The van der Waals surface area contributed by atoms with Crippen LogP contribution in [0.15, 0.2) is 52.3 Å². The maximum Gasteiger partial charge on any atom is 0.338 e. The quantitative estimate of drug-likeness (QED) is 0.0234. The third-order valence-corrected chi connectivity index (χ3v) is 18.9. The number of carbonyl (C=O) groups excluding carboxylic acids is 3. The molecule has 2 saturated carbocycles. The number of ketones is 1. The molecule has 3 aliphatic rings. The van der Waals surface area contributed by atoms with Gasteiger partial charge in [0, 0.05) is 41.1 Å². The molecule has 1 aromatic rings. The predicted molar refractivity (Wildman–Crippen MR) is 230 cm³/mol. The highest BCUT2D eigenvalue weighted by Gasteiger charge is 2.66. The van der Waals surface area contributed by atoms with Crippen LogP contribution in [0.3, 0.4) is 0 Å². The van der Waals surface area contributed by atoms with Crippen molar-refractivity contribution >= 4 is 41.1 Å². The maximum absolute atomic E-state index is 15.0. The lowest BCUT2D eigenvalue weighted by Crippen LogP contribution is -2.59. The van der Waals surface area contributed by atoms with Crippen LogP contribution in [-0.4, -0.2) is 80.5 Å². The number of carbonyl (C=O) groups is 3.